The summed E-state index contributed by atoms with van der Waals surface area (Å²) in [6.45, 7) is 5.84. The molecule has 0 spiro atoms. The highest BCUT2D eigenvalue weighted by molar-refractivity contribution is 8.26. The van der Waals surface area contributed by atoms with Crippen molar-refractivity contribution in [3.63, 3.8) is 0 Å². The van der Waals surface area contributed by atoms with Crippen molar-refractivity contribution in [2.75, 3.05) is 6.61 Å². The third-order valence-electron chi connectivity index (χ3n) is 3.54. The Balaban J connectivity index is 2.31. The summed E-state index contributed by atoms with van der Waals surface area (Å²) in [4.78, 5) is 25.8. The second kappa shape index (κ2) is 8.82. The Labute approximate surface area is 156 Å². The predicted octanol–water partition coefficient (Wildman–Crippen LogP) is 3.71. The van der Waals surface area contributed by atoms with E-state index in [0.717, 1.165) is 17.3 Å². The summed E-state index contributed by atoms with van der Waals surface area (Å²) in [5.41, 5.74) is 0.729. The fraction of sp³-hybridized carbons (Fsp3) is 0.278. The van der Waals surface area contributed by atoms with Gasteiger partial charge < -0.3 is 9.84 Å². The van der Waals surface area contributed by atoms with Crippen LogP contribution in [0.5, 0.6) is 5.75 Å². The number of hydrogen-bond donors (Lipinski definition) is 1. The summed E-state index contributed by atoms with van der Waals surface area (Å²) < 4.78 is 5.85. The first-order valence-corrected chi connectivity index (χ1v) is 9.04. The molecular weight excluding hydrogens is 358 g/mol. The van der Waals surface area contributed by atoms with E-state index in [1.54, 1.807) is 18.2 Å². The maximum atomic E-state index is 12.7. The minimum atomic E-state index is -1.05. The number of hydrogen-bond acceptors (Lipinski definition) is 5. The quantitative estimate of drug-likeness (QED) is 0.423. The van der Waals surface area contributed by atoms with Crippen LogP contribution in [-0.2, 0) is 9.59 Å². The molecule has 1 aliphatic rings. The van der Waals surface area contributed by atoms with Crippen LogP contribution >= 0.6 is 24.0 Å². The molecule has 0 saturated carbocycles. The lowest BCUT2D eigenvalue weighted by Gasteiger charge is -2.22. The maximum Gasteiger partial charge on any atom is 0.326 e. The molecule has 0 unspecified atom stereocenters. The van der Waals surface area contributed by atoms with E-state index in [4.69, 9.17) is 17.0 Å². The van der Waals surface area contributed by atoms with Crippen molar-refractivity contribution in [3.05, 3.63) is 47.4 Å². The number of thiocarbonyl (C=S) groups is 1. The molecule has 25 heavy (non-hydrogen) atoms. The number of carbonyl (C=O) groups excluding carboxylic acids is 1. The molecule has 0 bridgehead atoms. The second-order valence-electron chi connectivity index (χ2n) is 5.33. The van der Waals surface area contributed by atoms with E-state index in [2.05, 4.69) is 6.58 Å². The van der Waals surface area contributed by atoms with Crippen molar-refractivity contribution in [2.24, 2.45) is 0 Å². The van der Waals surface area contributed by atoms with Gasteiger partial charge >= 0.3 is 5.97 Å². The Hall–Kier alpha value is -2.12. The van der Waals surface area contributed by atoms with Crippen molar-refractivity contribution in [1.29, 1.82) is 0 Å². The number of carboxylic acid groups (broad SMARTS) is 1. The highest BCUT2D eigenvalue weighted by atomic mass is 32.2. The lowest BCUT2D eigenvalue weighted by atomic mass is 10.1. The van der Waals surface area contributed by atoms with Crippen molar-refractivity contribution >= 4 is 46.3 Å². The number of para-hydroxylation sites is 1. The minimum absolute atomic E-state index is 0.265. The average molecular weight is 377 g/mol. The fourth-order valence-electron chi connectivity index (χ4n) is 2.41. The van der Waals surface area contributed by atoms with E-state index in [-0.39, 0.29) is 10.2 Å². The average Bonchev–Trinajstić information content (AvgIpc) is 2.85. The van der Waals surface area contributed by atoms with Gasteiger partial charge in [-0.25, -0.2) is 4.79 Å². The lowest BCUT2D eigenvalue weighted by molar-refractivity contribution is -0.145. The Bertz CT molecular complexity index is 730. The molecule has 1 saturated heterocycles. The van der Waals surface area contributed by atoms with Gasteiger partial charge in [-0.2, -0.15) is 0 Å². The predicted molar refractivity (Wildman–Crippen MR) is 103 cm³/mol. The van der Waals surface area contributed by atoms with Gasteiger partial charge in [0.25, 0.3) is 5.91 Å². The van der Waals surface area contributed by atoms with E-state index in [9.17, 15) is 14.7 Å². The number of rotatable bonds is 8. The van der Waals surface area contributed by atoms with Crippen molar-refractivity contribution in [3.8, 4) is 5.75 Å². The molecular formula is C18H19NO4S2. The van der Waals surface area contributed by atoms with E-state index >= 15 is 0 Å². The zero-order valence-corrected chi connectivity index (χ0v) is 15.4. The number of benzene rings is 1. The Morgan fingerprint density at radius 1 is 1.48 bits per heavy atom. The van der Waals surface area contributed by atoms with Crippen molar-refractivity contribution < 1.29 is 19.4 Å². The number of aliphatic carboxylic acids is 1. The molecule has 0 radical (unpaired) electrons. The summed E-state index contributed by atoms with van der Waals surface area (Å²) in [7, 11) is 0. The first-order chi connectivity index (χ1) is 12.0. The van der Waals surface area contributed by atoms with Gasteiger partial charge in [-0.3, -0.25) is 9.69 Å². The van der Waals surface area contributed by atoms with Crippen molar-refractivity contribution in [1.82, 2.24) is 4.90 Å². The first-order valence-electron chi connectivity index (χ1n) is 7.82. The Kier molecular flexibility index (Phi) is 6.78. The smallest absolute Gasteiger partial charge is 0.326 e. The van der Waals surface area contributed by atoms with Gasteiger partial charge in [0.1, 0.15) is 22.7 Å². The Morgan fingerprint density at radius 3 is 2.84 bits per heavy atom. The van der Waals surface area contributed by atoms with Crippen LogP contribution in [0, 0.1) is 0 Å². The van der Waals surface area contributed by atoms with Crippen LogP contribution in [0.1, 0.15) is 25.3 Å². The summed E-state index contributed by atoms with van der Waals surface area (Å²) >= 11 is 6.35. The number of carbonyl (C=O) groups is 2. The molecule has 2 rings (SSSR count). The number of thioether (sulfide) groups is 1. The summed E-state index contributed by atoms with van der Waals surface area (Å²) in [6, 6.07) is 6.36. The van der Waals surface area contributed by atoms with E-state index in [0.29, 0.717) is 30.1 Å². The molecule has 1 aliphatic heterocycles. The van der Waals surface area contributed by atoms with E-state index in [1.807, 2.05) is 25.1 Å². The van der Waals surface area contributed by atoms with Crippen LogP contribution in [0.3, 0.4) is 0 Å². The zero-order valence-electron chi connectivity index (χ0n) is 13.8. The number of ether oxygens (including phenoxy) is 1. The van der Waals surface area contributed by atoms with Gasteiger partial charge in [-0.1, -0.05) is 68.2 Å². The standard InChI is InChI=1S/C18H19NO4S2/c1-3-7-13(17(21)22)19-16(20)15(25-18(19)24)11-12-8-5-6-9-14(12)23-10-4-2/h4-6,8-9,11,13H,2-3,7,10H2,1H3,(H,21,22)/b15-11-/t13-/m1/s1. The molecule has 132 valence electrons. The summed E-state index contributed by atoms with van der Waals surface area (Å²) in [5, 5.41) is 9.41. The molecule has 0 aromatic heterocycles. The number of amides is 1. The van der Waals surface area contributed by atoms with Crippen molar-refractivity contribution in [2.45, 2.75) is 25.8 Å². The normalized spacial score (nSPS) is 17.0. The van der Waals surface area contributed by atoms with Crippen LogP contribution in [0.2, 0.25) is 0 Å². The molecule has 1 amide bonds. The van der Waals surface area contributed by atoms with Gasteiger partial charge in [0.2, 0.25) is 0 Å². The van der Waals surface area contributed by atoms with E-state index < -0.39 is 12.0 Å². The van der Waals surface area contributed by atoms with Gasteiger partial charge in [-0.05, 0) is 18.6 Å². The van der Waals surface area contributed by atoms with Crippen LogP contribution < -0.4 is 4.74 Å². The fourth-order valence-corrected chi connectivity index (χ4v) is 3.75. The lowest BCUT2D eigenvalue weighted by Crippen LogP contribution is -2.43. The third kappa shape index (κ3) is 4.49. The monoisotopic (exact) mass is 377 g/mol. The number of carboxylic acids is 1. The largest absolute Gasteiger partial charge is 0.489 e. The second-order valence-corrected chi connectivity index (χ2v) is 7.01. The first kappa shape index (κ1) is 19.2. The molecule has 1 fully saturated rings. The molecule has 7 heteroatoms. The van der Waals surface area contributed by atoms with Gasteiger partial charge in [-0.15, -0.1) is 0 Å². The van der Waals surface area contributed by atoms with Crippen LogP contribution in [0.25, 0.3) is 6.08 Å². The third-order valence-corrected chi connectivity index (χ3v) is 4.88. The summed E-state index contributed by atoms with van der Waals surface area (Å²) in [5.74, 6) is -0.806. The molecule has 1 atom stereocenters. The highest BCUT2D eigenvalue weighted by Gasteiger charge is 2.40. The molecule has 1 aromatic rings. The molecule has 0 aliphatic carbocycles. The molecule has 5 nitrogen and oxygen atoms in total. The molecule has 1 heterocycles. The van der Waals surface area contributed by atoms with Gasteiger partial charge in [0.05, 0.1) is 4.91 Å². The minimum Gasteiger partial charge on any atom is -0.489 e. The van der Waals surface area contributed by atoms with Crippen LogP contribution in [0.4, 0.5) is 0 Å². The molecule has 1 N–H and O–H groups in total. The number of nitrogens with zero attached hydrogens (tertiary/aromatic N) is 1. The van der Waals surface area contributed by atoms with Crippen LogP contribution in [0.15, 0.2) is 41.8 Å². The van der Waals surface area contributed by atoms with Gasteiger partial charge in [0.15, 0.2) is 0 Å². The highest BCUT2D eigenvalue weighted by Crippen LogP contribution is 2.36. The van der Waals surface area contributed by atoms with Crippen LogP contribution in [-0.4, -0.2) is 38.9 Å². The topological polar surface area (TPSA) is 66.8 Å². The van der Waals surface area contributed by atoms with Gasteiger partial charge in [0, 0.05) is 5.56 Å². The summed E-state index contributed by atoms with van der Waals surface area (Å²) in [6.07, 6.45) is 4.32. The Morgan fingerprint density at radius 2 is 2.20 bits per heavy atom. The zero-order chi connectivity index (χ0) is 18.4. The SMILES string of the molecule is C=CCOc1ccccc1/C=C1\SC(=S)N([C@H](CCC)C(=O)O)C1=O. The molecule has 1 aromatic carbocycles. The maximum absolute atomic E-state index is 12.7. The van der Waals surface area contributed by atoms with E-state index in [1.165, 1.54) is 4.90 Å².